The van der Waals surface area contributed by atoms with E-state index in [9.17, 15) is 4.79 Å². The zero-order chi connectivity index (χ0) is 14.4. The number of aromatic nitrogens is 1. The average molecular weight is 263 g/mol. The molecule has 1 heterocycles. The SMILES string of the molecule is CCC(C)CC(C)NC(=O)c1cnc(C)cc1NC. The van der Waals surface area contributed by atoms with E-state index in [0.717, 1.165) is 24.2 Å². The molecule has 1 rings (SSSR count). The Hall–Kier alpha value is -1.58. The maximum absolute atomic E-state index is 12.2. The first-order valence-electron chi connectivity index (χ1n) is 6.93. The molecule has 0 aliphatic carbocycles. The summed E-state index contributed by atoms with van der Waals surface area (Å²) in [4.78, 5) is 16.4. The zero-order valence-electron chi connectivity index (χ0n) is 12.6. The molecule has 0 aliphatic rings. The van der Waals surface area contributed by atoms with Crippen LogP contribution in [0.5, 0.6) is 0 Å². The van der Waals surface area contributed by atoms with Gasteiger partial charge in [-0.1, -0.05) is 20.3 Å². The van der Waals surface area contributed by atoms with Crippen molar-refractivity contribution in [1.82, 2.24) is 10.3 Å². The second-order valence-corrected chi connectivity index (χ2v) is 5.24. The second-order valence-electron chi connectivity index (χ2n) is 5.24. The summed E-state index contributed by atoms with van der Waals surface area (Å²) in [6.45, 7) is 8.33. The molecule has 4 nitrogen and oxygen atoms in total. The van der Waals surface area contributed by atoms with E-state index in [1.807, 2.05) is 27.0 Å². The number of anilines is 1. The number of amides is 1. The van der Waals surface area contributed by atoms with Gasteiger partial charge in [-0.2, -0.15) is 0 Å². The van der Waals surface area contributed by atoms with E-state index in [2.05, 4.69) is 29.5 Å². The number of aryl methyl sites for hydroxylation is 1. The molecule has 0 fully saturated rings. The van der Waals surface area contributed by atoms with Crippen LogP contribution < -0.4 is 10.6 Å². The summed E-state index contributed by atoms with van der Waals surface area (Å²) in [5.41, 5.74) is 2.32. The van der Waals surface area contributed by atoms with Crippen molar-refractivity contribution in [3.8, 4) is 0 Å². The van der Waals surface area contributed by atoms with E-state index in [1.54, 1.807) is 6.20 Å². The van der Waals surface area contributed by atoms with Gasteiger partial charge < -0.3 is 10.6 Å². The van der Waals surface area contributed by atoms with Crippen molar-refractivity contribution in [2.75, 3.05) is 12.4 Å². The van der Waals surface area contributed by atoms with Crippen LogP contribution in [0.3, 0.4) is 0 Å². The molecule has 0 spiro atoms. The Morgan fingerprint density at radius 1 is 1.42 bits per heavy atom. The lowest BCUT2D eigenvalue weighted by atomic mass is 10.00. The number of hydrogen-bond donors (Lipinski definition) is 2. The van der Waals surface area contributed by atoms with Crippen LogP contribution in [0.25, 0.3) is 0 Å². The fraction of sp³-hybridized carbons (Fsp3) is 0.600. The molecule has 0 saturated carbocycles. The summed E-state index contributed by atoms with van der Waals surface area (Å²) in [6.07, 6.45) is 3.76. The summed E-state index contributed by atoms with van der Waals surface area (Å²) in [5.74, 6) is 0.558. The van der Waals surface area contributed by atoms with E-state index in [-0.39, 0.29) is 11.9 Å². The van der Waals surface area contributed by atoms with Gasteiger partial charge in [-0.15, -0.1) is 0 Å². The molecule has 0 aromatic carbocycles. The van der Waals surface area contributed by atoms with Gasteiger partial charge in [0.25, 0.3) is 5.91 Å². The lowest BCUT2D eigenvalue weighted by Gasteiger charge is -2.18. The van der Waals surface area contributed by atoms with Crippen LogP contribution in [0.4, 0.5) is 5.69 Å². The summed E-state index contributed by atoms with van der Waals surface area (Å²) in [7, 11) is 1.81. The minimum atomic E-state index is -0.0624. The maximum atomic E-state index is 12.2. The predicted octanol–water partition coefficient (Wildman–Crippen LogP) is 2.99. The Bertz CT molecular complexity index is 431. The third kappa shape index (κ3) is 4.54. The van der Waals surface area contributed by atoms with Crippen molar-refractivity contribution in [3.63, 3.8) is 0 Å². The van der Waals surface area contributed by atoms with E-state index in [1.165, 1.54) is 0 Å². The molecule has 106 valence electrons. The highest BCUT2D eigenvalue weighted by atomic mass is 16.1. The van der Waals surface area contributed by atoms with Gasteiger partial charge in [-0.05, 0) is 32.3 Å². The van der Waals surface area contributed by atoms with Crippen molar-refractivity contribution >= 4 is 11.6 Å². The fourth-order valence-electron chi connectivity index (χ4n) is 2.08. The third-order valence-electron chi connectivity index (χ3n) is 3.38. The molecule has 1 aromatic heterocycles. The van der Waals surface area contributed by atoms with Gasteiger partial charge in [0.15, 0.2) is 0 Å². The van der Waals surface area contributed by atoms with Gasteiger partial charge in [-0.25, -0.2) is 0 Å². The molecule has 4 heteroatoms. The highest BCUT2D eigenvalue weighted by Gasteiger charge is 2.15. The number of nitrogens with one attached hydrogen (secondary N) is 2. The number of nitrogens with zero attached hydrogens (tertiary/aromatic N) is 1. The highest BCUT2D eigenvalue weighted by molar-refractivity contribution is 5.99. The van der Waals surface area contributed by atoms with Crippen LogP contribution in [0, 0.1) is 12.8 Å². The summed E-state index contributed by atoms with van der Waals surface area (Å²) < 4.78 is 0. The van der Waals surface area contributed by atoms with Crippen LogP contribution in [-0.2, 0) is 0 Å². The first-order valence-corrected chi connectivity index (χ1v) is 6.93. The molecule has 0 aliphatic heterocycles. The van der Waals surface area contributed by atoms with Gasteiger partial charge in [-0.3, -0.25) is 9.78 Å². The third-order valence-corrected chi connectivity index (χ3v) is 3.38. The van der Waals surface area contributed by atoms with Gasteiger partial charge in [0.05, 0.1) is 11.3 Å². The molecule has 2 unspecified atom stereocenters. The van der Waals surface area contributed by atoms with Crippen molar-refractivity contribution in [2.45, 2.75) is 46.6 Å². The molecule has 1 amide bonds. The maximum Gasteiger partial charge on any atom is 0.255 e. The van der Waals surface area contributed by atoms with Crippen molar-refractivity contribution in [3.05, 3.63) is 23.5 Å². The highest BCUT2D eigenvalue weighted by Crippen LogP contribution is 2.16. The van der Waals surface area contributed by atoms with E-state index < -0.39 is 0 Å². The van der Waals surface area contributed by atoms with Gasteiger partial charge >= 0.3 is 0 Å². The molecule has 19 heavy (non-hydrogen) atoms. The van der Waals surface area contributed by atoms with Crippen LogP contribution in [0.15, 0.2) is 12.3 Å². The van der Waals surface area contributed by atoms with Crippen molar-refractivity contribution in [2.24, 2.45) is 5.92 Å². The fourth-order valence-corrected chi connectivity index (χ4v) is 2.08. The molecular formula is C15H25N3O. The van der Waals surface area contributed by atoms with E-state index in [4.69, 9.17) is 0 Å². The summed E-state index contributed by atoms with van der Waals surface area (Å²) in [6, 6.07) is 2.06. The number of hydrogen-bond acceptors (Lipinski definition) is 3. The van der Waals surface area contributed by atoms with Crippen LogP contribution in [0.2, 0.25) is 0 Å². The smallest absolute Gasteiger partial charge is 0.255 e. The lowest BCUT2D eigenvalue weighted by Crippen LogP contribution is -2.34. The quantitative estimate of drug-likeness (QED) is 0.829. The molecule has 0 radical (unpaired) electrons. The standard InChI is InChI=1S/C15H25N3O/c1-6-10(2)7-12(4)18-15(19)13-9-17-11(3)8-14(13)16-5/h8-10,12H,6-7H2,1-5H3,(H,16,17)(H,18,19). The van der Waals surface area contributed by atoms with Crippen LogP contribution in [-0.4, -0.2) is 24.0 Å². The first-order chi connectivity index (χ1) is 8.97. The molecule has 2 atom stereocenters. The predicted molar refractivity (Wildman–Crippen MR) is 79.5 cm³/mol. The largest absolute Gasteiger partial charge is 0.387 e. The molecule has 0 bridgehead atoms. The van der Waals surface area contributed by atoms with Crippen LogP contribution in [0.1, 0.15) is 49.7 Å². The second kappa shape index (κ2) is 7.12. The average Bonchev–Trinajstić information content (AvgIpc) is 2.37. The monoisotopic (exact) mass is 263 g/mol. The topological polar surface area (TPSA) is 54.0 Å². The van der Waals surface area contributed by atoms with Gasteiger partial charge in [0.1, 0.15) is 0 Å². The number of pyridine rings is 1. The Morgan fingerprint density at radius 3 is 2.68 bits per heavy atom. The van der Waals surface area contributed by atoms with Gasteiger partial charge in [0, 0.05) is 25.0 Å². The Morgan fingerprint density at radius 2 is 2.11 bits per heavy atom. The van der Waals surface area contributed by atoms with Crippen LogP contribution >= 0.6 is 0 Å². The molecular weight excluding hydrogens is 238 g/mol. The Kier molecular flexibility index (Phi) is 5.80. The van der Waals surface area contributed by atoms with E-state index in [0.29, 0.717) is 11.5 Å². The molecule has 2 N–H and O–H groups in total. The first kappa shape index (κ1) is 15.5. The lowest BCUT2D eigenvalue weighted by molar-refractivity contribution is 0.0936. The molecule has 0 saturated heterocycles. The summed E-state index contributed by atoms with van der Waals surface area (Å²) in [5, 5.41) is 6.08. The van der Waals surface area contributed by atoms with Crippen molar-refractivity contribution < 1.29 is 4.79 Å². The number of rotatable bonds is 6. The van der Waals surface area contributed by atoms with Crippen molar-refractivity contribution in [1.29, 1.82) is 0 Å². The Labute approximate surface area is 116 Å². The minimum Gasteiger partial charge on any atom is -0.387 e. The Balaban J connectivity index is 2.73. The normalized spacial score (nSPS) is 13.7. The zero-order valence-corrected chi connectivity index (χ0v) is 12.6. The van der Waals surface area contributed by atoms with E-state index >= 15 is 0 Å². The summed E-state index contributed by atoms with van der Waals surface area (Å²) >= 11 is 0. The van der Waals surface area contributed by atoms with Gasteiger partial charge in [0.2, 0.25) is 0 Å². The number of carbonyl (C=O) groups excluding carboxylic acids is 1. The number of carbonyl (C=O) groups is 1. The minimum absolute atomic E-state index is 0.0624. The molecule has 1 aromatic rings.